The molecule has 22 heavy (non-hydrogen) atoms. The van der Waals surface area contributed by atoms with Crippen LogP contribution < -0.4 is 0 Å². The summed E-state index contributed by atoms with van der Waals surface area (Å²) in [6.45, 7) is 12.2. The Kier molecular flexibility index (Phi) is 6.06. The van der Waals surface area contributed by atoms with Crippen LogP contribution in [0.4, 0.5) is 0 Å². The molecule has 0 aromatic heterocycles. The Morgan fingerprint density at radius 1 is 1.09 bits per heavy atom. The van der Waals surface area contributed by atoms with Crippen molar-refractivity contribution in [2.75, 3.05) is 0 Å². The summed E-state index contributed by atoms with van der Waals surface area (Å²) in [7, 11) is -4.21. The molecule has 0 saturated heterocycles. The van der Waals surface area contributed by atoms with Gasteiger partial charge in [-0.05, 0) is 37.2 Å². The molecule has 1 aromatic carbocycles. The van der Waals surface area contributed by atoms with Crippen molar-refractivity contribution in [2.24, 2.45) is 11.3 Å². The van der Waals surface area contributed by atoms with Crippen LogP contribution in [0, 0.1) is 11.3 Å². The number of rotatable bonds is 7. The van der Waals surface area contributed by atoms with Crippen LogP contribution in [-0.4, -0.2) is 14.9 Å². The summed E-state index contributed by atoms with van der Waals surface area (Å²) in [6.07, 6.45) is 1.81. The molecular weight excluding hydrogens is 295 g/mol. The Morgan fingerprint density at radius 2 is 1.59 bits per heavy atom. The lowest BCUT2D eigenvalue weighted by atomic mass is 9.68. The van der Waals surface area contributed by atoms with Crippen LogP contribution in [0.1, 0.15) is 65.9 Å². The van der Waals surface area contributed by atoms with Crippen molar-refractivity contribution < 1.29 is 14.4 Å². The van der Waals surface area contributed by atoms with Crippen LogP contribution in [0.5, 0.6) is 0 Å². The standard InChI is InChI=1S/C18H31O3P/c1-7-14(2)17(3,4)13-16(15-11-9-8-10-12-15)18(5,6)22(19,20)21/h8-12,14,16H,7,13H2,1-6H3,(H2,19,20,21). The number of benzene rings is 1. The number of hydrogen-bond donors (Lipinski definition) is 2. The van der Waals surface area contributed by atoms with E-state index in [1.165, 1.54) is 0 Å². The molecule has 0 aliphatic rings. The van der Waals surface area contributed by atoms with Crippen molar-refractivity contribution in [3.8, 4) is 0 Å². The summed E-state index contributed by atoms with van der Waals surface area (Å²) in [5.74, 6) is 0.310. The van der Waals surface area contributed by atoms with Crippen molar-refractivity contribution in [2.45, 2.75) is 65.5 Å². The van der Waals surface area contributed by atoms with E-state index in [1.54, 1.807) is 13.8 Å². The first-order valence-electron chi connectivity index (χ1n) is 8.04. The molecule has 0 saturated carbocycles. The fourth-order valence-corrected chi connectivity index (χ4v) is 3.59. The zero-order valence-electron chi connectivity index (χ0n) is 14.7. The maximum absolute atomic E-state index is 12.1. The van der Waals surface area contributed by atoms with Gasteiger partial charge in [-0.1, -0.05) is 64.4 Å². The normalized spacial score (nSPS) is 16.4. The van der Waals surface area contributed by atoms with Crippen molar-refractivity contribution in [1.29, 1.82) is 0 Å². The molecule has 0 bridgehead atoms. The van der Waals surface area contributed by atoms with Gasteiger partial charge in [0.2, 0.25) is 0 Å². The van der Waals surface area contributed by atoms with E-state index < -0.39 is 12.8 Å². The molecule has 0 spiro atoms. The molecule has 126 valence electrons. The Hall–Kier alpha value is -0.630. The third-order valence-corrected chi connectivity index (χ3v) is 7.30. The van der Waals surface area contributed by atoms with E-state index in [-0.39, 0.29) is 11.3 Å². The first-order chi connectivity index (χ1) is 9.93. The maximum Gasteiger partial charge on any atom is 0.331 e. The van der Waals surface area contributed by atoms with Crippen LogP contribution in [0.2, 0.25) is 0 Å². The zero-order valence-corrected chi connectivity index (χ0v) is 15.6. The van der Waals surface area contributed by atoms with E-state index >= 15 is 0 Å². The Balaban J connectivity index is 3.28. The largest absolute Gasteiger partial charge is 0.331 e. The van der Waals surface area contributed by atoms with Gasteiger partial charge in [0, 0.05) is 5.92 Å². The lowest BCUT2D eigenvalue weighted by Gasteiger charge is -2.42. The lowest BCUT2D eigenvalue weighted by Crippen LogP contribution is -2.35. The molecule has 2 unspecified atom stereocenters. The molecule has 4 heteroatoms. The molecule has 2 N–H and O–H groups in total. The van der Waals surface area contributed by atoms with Crippen LogP contribution in [-0.2, 0) is 4.57 Å². The minimum Gasteiger partial charge on any atom is -0.324 e. The SMILES string of the molecule is CCC(C)C(C)(C)CC(c1ccccc1)C(C)(C)P(=O)(O)O. The fraction of sp³-hybridized carbons (Fsp3) is 0.667. The average molecular weight is 326 g/mol. The van der Waals surface area contributed by atoms with Gasteiger partial charge < -0.3 is 9.79 Å². The minimum atomic E-state index is -4.21. The first kappa shape index (κ1) is 19.4. The van der Waals surface area contributed by atoms with E-state index in [2.05, 4.69) is 27.7 Å². The molecule has 1 aromatic rings. The van der Waals surface area contributed by atoms with E-state index in [1.807, 2.05) is 30.3 Å². The van der Waals surface area contributed by atoms with Crippen molar-refractivity contribution in [3.05, 3.63) is 35.9 Å². The summed E-state index contributed by atoms with van der Waals surface area (Å²) in [6, 6.07) is 9.77. The predicted molar refractivity (Wildman–Crippen MR) is 93.2 cm³/mol. The minimum absolute atomic E-state index is 0.0156. The summed E-state index contributed by atoms with van der Waals surface area (Å²) in [5, 5.41) is -1.08. The molecule has 0 aliphatic heterocycles. The number of hydrogen-bond acceptors (Lipinski definition) is 1. The van der Waals surface area contributed by atoms with E-state index in [4.69, 9.17) is 0 Å². The third-order valence-electron chi connectivity index (χ3n) is 5.48. The molecule has 3 nitrogen and oxygen atoms in total. The second-order valence-corrected chi connectivity index (χ2v) is 9.90. The second-order valence-electron chi connectivity index (χ2n) is 7.66. The smallest absolute Gasteiger partial charge is 0.324 e. The predicted octanol–water partition coefficient (Wildman–Crippen LogP) is 5.19. The van der Waals surface area contributed by atoms with Gasteiger partial charge in [0.25, 0.3) is 0 Å². The molecule has 0 aliphatic carbocycles. The Morgan fingerprint density at radius 3 is 2.00 bits per heavy atom. The van der Waals surface area contributed by atoms with Gasteiger partial charge in [0.05, 0.1) is 5.16 Å². The van der Waals surface area contributed by atoms with Crippen molar-refractivity contribution in [1.82, 2.24) is 0 Å². The molecule has 0 fully saturated rings. The summed E-state index contributed by atoms with van der Waals surface area (Å²) in [4.78, 5) is 19.8. The van der Waals surface area contributed by atoms with Gasteiger partial charge in [-0.2, -0.15) is 0 Å². The first-order valence-corrected chi connectivity index (χ1v) is 9.65. The van der Waals surface area contributed by atoms with Gasteiger partial charge in [-0.15, -0.1) is 0 Å². The molecular formula is C18H31O3P. The quantitative estimate of drug-likeness (QED) is 0.678. The highest BCUT2D eigenvalue weighted by molar-refractivity contribution is 7.53. The summed E-state index contributed by atoms with van der Waals surface area (Å²) < 4.78 is 12.1. The Labute approximate surface area is 135 Å². The maximum atomic E-state index is 12.1. The second kappa shape index (κ2) is 6.86. The monoisotopic (exact) mass is 326 g/mol. The topological polar surface area (TPSA) is 57.5 Å². The van der Waals surface area contributed by atoms with Crippen LogP contribution in [0.25, 0.3) is 0 Å². The highest BCUT2D eigenvalue weighted by atomic mass is 31.2. The highest BCUT2D eigenvalue weighted by Gasteiger charge is 2.47. The van der Waals surface area contributed by atoms with Crippen molar-refractivity contribution in [3.63, 3.8) is 0 Å². The molecule has 2 atom stereocenters. The lowest BCUT2D eigenvalue weighted by molar-refractivity contribution is 0.174. The molecule has 0 amide bonds. The Bertz CT molecular complexity index is 516. The van der Waals surface area contributed by atoms with Gasteiger partial charge in [0.15, 0.2) is 0 Å². The van der Waals surface area contributed by atoms with Gasteiger partial charge in [-0.3, -0.25) is 4.57 Å². The third kappa shape index (κ3) is 4.22. The molecule has 1 rings (SSSR count). The van der Waals surface area contributed by atoms with Crippen LogP contribution >= 0.6 is 7.60 Å². The summed E-state index contributed by atoms with van der Waals surface area (Å²) in [5.41, 5.74) is 1.02. The van der Waals surface area contributed by atoms with Gasteiger partial charge in [0.1, 0.15) is 0 Å². The molecule has 0 heterocycles. The highest BCUT2D eigenvalue weighted by Crippen LogP contribution is 2.59. The van der Waals surface area contributed by atoms with E-state index in [0.29, 0.717) is 5.92 Å². The average Bonchev–Trinajstić information content (AvgIpc) is 2.43. The fourth-order valence-electron chi connectivity index (χ4n) is 2.94. The zero-order chi connectivity index (χ0) is 17.2. The van der Waals surface area contributed by atoms with E-state index in [9.17, 15) is 14.4 Å². The van der Waals surface area contributed by atoms with Crippen LogP contribution in [0.15, 0.2) is 30.3 Å². The van der Waals surface area contributed by atoms with Gasteiger partial charge >= 0.3 is 7.60 Å². The van der Waals surface area contributed by atoms with Gasteiger partial charge in [-0.25, -0.2) is 0 Å². The van der Waals surface area contributed by atoms with E-state index in [0.717, 1.165) is 18.4 Å². The van der Waals surface area contributed by atoms with Crippen LogP contribution in [0.3, 0.4) is 0 Å². The summed E-state index contributed by atoms with van der Waals surface area (Å²) >= 11 is 0. The van der Waals surface area contributed by atoms with Crippen molar-refractivity contribution >= 4 is 7.60 Å². The molecule has 0 radical (unpaired) electrons.